The van der Waals surface area contributed by atoms with Crippen molar-refractivity contribution in [1.82, 2.24) is 16.0 Å². The lowest BCUT2D eigenvalue weighted by Gasteiger charge is -2.26. The maximum absolute atomic E-state index is 13.1. The molecular weight excluding hydrogens is 474 g/mol. The maximum atomic E-state index is 13.1. The van der Waals surface area contributed by atoms with Gasteiger partial charge in [-0.25, -0.2) is 4.79 Å². The molecular formula is C23H35N5O8. The number of carboxylic acids is 2. The van der Waals surface area contributed by atoms with Crippen molar-refractivity contribution in [3.63, 3.8) is 0 Å². The molecule has 0 radical (unpaired) electrons. The number of unbranched alkanes of at least 4 members (excludes halogenated alkanes) is 1. The summed E-state index contributed by atoms with van der Waals surface area (Å²) in [5.74, 6) is -5.58. The molecule has 1 aromatic rings. The number of benzene rings is 1. The fourth-order valence-electron chi connectivity index (χ4n) is 3.27. The molecule has 0 spiro atoms. The predicted molar refractivity (Wildman–Crippen MR) is 128 cm³/mol. The summed E-state index contributed by atoms with van der Waals surface area (Å²) in [6.45, 7) is 1.64. The van der Waals surface area contributed by atoms with Gasteiger partial charge in [0.2, 0.25) is 17.7 Å². The molecule has 0 aliphatic rings. The summed E-state index contributed by atoms with van der Waals surface area (Å²) in [5, 5.41) is 35.0. The van der Waals surface area contributed by atoms with Gasteiger partial charge in [0.1, 0.15) is 18.1 Å². The van der Waals surface area contributed by atoms with E-state index in [0.717, 1.165) is 0 Å². The molecule has 0 fully saturated rings. The first-order valence-corrected chi connectivity index (χ1v) is 11.5. The van der Waals surface area contributed by atoms with E-state index in [9.17, 15) is 29.1 Å². The fourth-order valence-corrected chi connectivity index (χ4v) is 3.27. The van der Waals surface area contributed by atoms with Crippen molar-refractivity contribution < 1.29 is 39.3 Å². The van der Waals surface area contributed by atoms with Crippen molar-refractivity contribution in [3.05, 3.63) is 35.9 Å². The molecule has 0 heterocycles. The standard InChI is InChI=1S/C23H35N5O8/c1-13(29)19(22(34)27-17(23(35)36)12-18(30)31)28-21(33)16(11-14-7-3-2-4-8-14)26-20(32)15(25)9-5-6-10-24/h2-4,7-8,13,15-17,19,29H,5-6,9-12,24-25H2,1H3,(H,26,32)(H,27,34)(H,28,33)(H,30,31)(H,35,36). The van der Waals surface area contributed by atoms with E-state index in [1.165, 1.54) is 6.92 Å². The number of carbonyl (C=O) groups excluding carboxylic acids is 3. The van der Waals surface area contributed by atoms with Gasteiger partial charge in [-0.3, -0.25) is 19.2 Å². The number of carboxylic acid groups (broad SMARTS) is 2. The molecule has 0 bridgehead atoms. The number of nitrogens with one attached hydrogen (secondary N) is 3. The summed E-state index contributed by atoms with van der Waals surface area (Å²) in [5.41, 5.74) is 12.1. The molecule has 5 atom stereocenters. The lowest BCUT2D eigenvalue weighted by atomic mass is 10.0. The Hall–Kier alpha value is -3.55. The molecule has 13 nitrogen and oxygen atoms in total. The average Bonchev–Trinajstić information content (AvgIpc) is 2.81. The molecule has 1 rings (SSSR count). The lowest BCUT2D eigenvalue weighted by molar-refractivity contribution is -0.148. The number of amides is 3. The first-order chi connectivity index (χ1) is 17.0. The number of nitrogens with two attached hydrogens (primary N) is 2. The van der Waals surface area contributed by atoms with Crippen LogP contribution in [0.3, 0.4) is 0 Å². The van der Waals surface area contributed by atoms with E-state index in [1.54, 1.807) is 30.3 Å². The molecule has 0 aliphatic carbocycles. The van der Waals surface area contributed by atoms with Crippen molar-refractivity contribution in [1.29, 1.82) is 0 Å². The third-order valence-electron chi connectivity index (χ3n) is 5.28. The van der Waals surface area contributed by atoms with E-state index in [4.69, 9.17) is 21.7 Å². The Morgan fingerprint density at radius 1 is 0.889 bits per heavy atom. The van der Waals surface area contributed by atoms with Crippen molar-refractivity contribution >= 4 is 29.7 Å². The quantitative estimate of drug-likeness (QED) is 0.115. The minimum Gasteiger partial charge on any atom is -0.481 e. The Bertz CT molecular complexity index is 896. The number of aliphatic hydroxyl groups excluding tert-OH is 1. The van der Waals surface area contributed by atoms with Gasteiger partial charge in [0.25, 0.3) is 0 Å². The first kappa shape index (κ1) is 30.5. The SMILES string of the molecule is CC(O)C(NC(=O)C(Cc1ccccc1)NC(=O)C(N)CCCCN)C(=O)NC(CC(=O)O)C(=O)O. The molecule has 13 heteroatoms. The highest BCUT2D eigenvalue weighted by Crippen LogP contribution is 2.07. The van der Waals surface area contributed by atoms with Gasteiger partial charge >= 0.3 is 11.9 Å². The summed E-state index contributed by atoms with van der Waals surface area (Å²) in [4.78, 5) is 60.5. The summed E-state index contributed by atoms with van der Waals surface area (Å²) < 4.78 is 0. The zero-order chi connectivity index (χ0) is 27.3. The Balaban J connectivity index is 3.03. The van der Waals surface area contributed by atoms with Crippen LogP contribution in [0.4, 0.5) is 0 Å². The van der Waals surface area contributed by atoms with Crippen LogP contribution in [0.2, 0.25) is 0 Å². The topological polar surface area (TPSA) is 234 Å². The molecule has 0 aliphatic heterocycles. The van der Waals surface area contributed by atoms with Crippen molar-refractivity contribution in [2.75, 3.05) is 6.54 Å². The highest BCUT2D eigenvalue weighted by atomic mass is 16.4. The van der Waals surface area contributed by atoms with E-state index < -0.39 is 66.4 Å². The summed E-state index contributed by atoms with van der Waals surface area (Å²) in [6.07, 6.45) is -0.693. The number of aliphatic carboxylic acids is 2. The zero-order valence-corrected chi connectivity index (χ0v) is 20.1. The largest absolute Gasteiger partial charge is 0.481 e. The van der Waals surface area contributed by atoms with Gasteiger partial charge in [0.05, 0.1) is 18.6 Å². The second-order valence-electron chi connectivity index (χ2n) is 8.37. The molecule has 200 valence electrons. The maximum Gasteiger partial charge on any atom is 0.326 e. The van der Waals surface area contributed by atoms with Crippen molar-refractivity contribution in [2.24, 2.45) is 11.5 Å². The van der Waals surface area contributed by atoms with Crippen LogP contribution < -0.4 is 27.4 Å². The van der Waals surface area contributed by atoms with Crippen LogP contribution in [0.15, 0.2) is 30.3 Å². The normalized spacial score (nSPS) is 15.0. The van der Waals surface area contributed by atoms with Crippen LogP contribution in [0, 0.1) is 0 Å². The highest BCUT2D eigenvalue weighted by Gasteiger charge is 2.33. The summed E-state index contributed by atoms with van der Waals surface area (Å²) in [7, 11) is 0. The zero-order valence-electron chi connectivity index (χ0n) is 20.1. The fraction of sp³-hybridized carbons (Fsp3) is 0.522. The number of rotatable bonds is 16. The van der Waals surface area contributed by atoms with Crippen LogP contribution in [-0.4, -0.2) is 81.8 Å². The van der Waals surface area contributed by atoms with Gasteiger partial charge in [0, 0.05) is 6.42 Å². The highest BCUT2D eigenvalue weighted by molar-refractivity contribution is 5.95. The van der Waals surface area contributed by atoms with Crippen molar-refractivity contribution in [3.8, 4) is 0 Å². The van der Waals surface area contributed by atoms with E-state index >= 15 is 0 Å². The molecule has 0 saturated heterocycles. The average molecular weight is 510 g/mol. The molecule has 36 heavy (non-hydrogen) atoms. The Morgan fingerprint density at radius 3 is 2.03 bits per heavy atom. The van der Waals surface area contributed by atoms with Crippen molar-refractivity contribution in [2.45, 2.75) is 69.3 Å². The predicted octanol–water partition coefficient (Wildman–Crippen LogP) is -1.92. The number of hydrogen-bond donors (Lipinski definition) is 8. The smallest absolute Gasteiger partial charge is 0.326 e. The molecule has 0 saturated carbocycles. The Morgan fingerprint density at radius 2 is 1.50 bits per heavy atom. The van der Waals surface area contributed by atoms with Gasteiger partial charge in [0.15, 0.2) is 0 Å². The monoisotopic (exact) mass is 509 g/mol. The molecule has 5 unspecified atom stereocenters. The summed E-state index contributed by atoms with van der Waals surface area (Å²) >= 11 is 0. The number of hydrogen-bond acceptors (Lipinski definition) is 8. The molecule has 10 N–H and O–H groups in total. The van der Waals surface area contributed by atoms with E-state index in [-0.39, 0.29) is 6.42 Å². The van der Waals surface area contributed by atoms with Crippen LogP contribution in [0.25, 0.3) is 0 Å². The molecule has 3 amide bonds. The van der Waals surface area contributed by atoms with Gasteiger partial charge in [-0.2, -0.15) is 0 Å². The van der Waals surface area contributed by atoms with E-state index in [1.807, 2.05) is 5.32 Å². The van der Waals surface area contributed by atoms with Gasteiger partial charge in [-0.1, -0.05) is 36.8 Å². The van der Waals surface area contributed by atoms with E-state index in [2.05, 4.69) is 10.6 Å². The third-order valence-corrected chi connectivity index (χ3v) is 5.28. The van der Waals surface area contributed by atoms with Gasteiger partial charge in [-0.15, -0.1) is 0 Å². The first-order valence-electron chi connectivity index (χ1n) is 11.5. The second kappa shape index (κ2) is 15.4. The van der Waals surface area contributed by atoms with Crippen LogP contribution in [0.5, 0.6) is 0 Å². The third kappa shape index (κ3) is 10.8. The van der Waals surface area contributed by atoms with Crippen LogP contribution >= 0.6 is 0 Å². The minimum absolute atomic E-state index is 0.0405. The minimum atomic E-state index is -1.78. The Labute approximate surface area is 208 Å². The van der Waals surface area contributed by atoms with Crippen LogP contribution in [0.1, 0.15) is 38.2 Å². The van der Waals surface area contributed by atoms with E-state index in [0.29, 0.717) is 31.4 Å². The molecule has 0 aromatic heterocycles. The van der Waals surface area contributed by atoms with Gasteiger partial charge in [-0.05, 0) is 31.9 Å². The Kier molecular flexibility index (Phi) is 13.1. The number of aliphatic hydroxyl groups is 1. The summed E-state index contributed by atoms with van der Waals surface area (Å²) in [6, 6.07) is 3.24. The molecule has 1 aromatic carbocycles. The second-order valence-corrected chi connectivity index (χ2v) is 8.37. The van der Waals surface area contributed by atoms with Gasteiger partial charge < -0.3 is 42.7 Å². The van der Waals surface area contributed by atoms with Crippen LogP contribution in [-0.2, 0) is 30.4 Å². The lowest BCUT2D eigenvalue weighted by Crippen LogP contribution is -2.60. The number of carbonyl (C=O) groups is 5.